The third kappa shape index (κ3) is 4.46. The molecule has 0 fully saturated rings. The van der Waals surface area contributed by atoms with Gasteiger partial charge in [-0.25, -0.2) is 4.98 Å². The Hall–Kier alpha value is -2.08. The molecule has 0 aliphatic heterocycles. The second-order valence-electron chi connectivity index (χ2n) is 5.06. The minimum Gasteiger partial charge on any atom is -0.325 e. The average molecular weight is 317 g/mol. The summed E-state index contributed by atoms with van der Waals surface area (Å²) in [6, 6.07) is 9.07. The molecule has 22 heavy (non-hydrogen) atoms. The third-order valence-corrected chi connectivity index (χ3v) is 4.33. The van der Waals surface area contributed by atoms with Crippen molar-refractivity contribution >= 4 is 23.4 Å². The Morgan fingerprint density at radius 2 is 2.00 bits per heavy atom. The topological polar surface area (TPSA) is 74.8 Å². The molecular formula is C16H19N3O2S. The number of aromatic nitrogens is 2. The van der Waals surface area contributed by atoms with Crippen LogP contribution in [-0.2, 0) is 4.79 Å². The van der Waals surface area contributed by atoms with E-state index in [9.17, 15) is 9.59 Å². The fourth-order valence-electron chi connectivity index (χ4n) is 1.92. The van der Waals surface area contributed by atoms with Crippen molar-refractivity contribution in [3.8, 4) is 0 Å². The third-order valence-electron chi connectivity index (χ3n) is 3.08. The minimum atomic E-state index is -0.314. The number of anilines is 1. The van der Waals surface area contributed by atoms with Crippen LogP contribution in [0.4, 0.5) is 5.69 Å². The SMILES string of the molecule is CCC(Sc1nc(C)cc(=O)[nH]1)C(=O)Nc1ccc(C)cc1. The van der Waals surface area contributed by atoms with Gasteiger partial charge in [-0.3, -0.25) is 9.59 Å². The fraction of sp³-hybridized carbons (Fsp3) is 0.312. The van der Waals surface area contributed by atoms with Crippen LogP contribution in [0.25, 0.3) is 0 Å². The van der Waals surface area contributed by atoms with Crippen molar-refractivity contribution in [2.24, 2.45) is 0 Å². The Morgan fingerprint density at radius 1 is 1.32 bits per heavy atom. The maximum atomic E-state index is 12.4. The van der Waals surface area contributed by atoms with Gasteiger partial charge in [-0.15, -0.1) is 0 Å². The molecule has 0 radical (unpaired) electrons. The van der Waals surface area contributed by atoms with Crippen molar-refractivity contribution in [2.75, 3.05) is 5.32 Å². The number of amides is 1. The summed E-state index contributed by atoms with van der Waals surface area (Å²) in [6.07, 6.45) is 0.639. The molecule has 1 unspecified atom stereocenters. The van der Waals surface area contributed by atoms with E-state index in [1.165, 1.54) is 17.8 Å². The zero-order valence-corrected chi connectivity index (χ0v) is 13.7. The van der Waals surface area contributed by atoms with Gasteiger partial charge in [-0.1, -0.05) is 36.4 Å². The highest BCUT2D eigenvalue weighted by molar-refractivity contribution is 8.00. The smallest absolute Gasteiger partial charge is 0.251 e. The fourth-order valence-corrected chi connectivity index (χ4v) is 2.88. The van der Waals surface area contributed by atoms with Gasteiger partial charge in [0.05, 0.1) is 5.25 Å². The molecule has 0 aliphatic rings. The molecular weight excluding hydrogens is 298 g/mol. The lowest BCUT2D eigenvalue weighted by molar-refractivity contribution is -0.115. The number of H-pyrrole nitrogens is 1. The summed E-state index contributed by atoms with van der Waals surface area (Å²) in [6.45, 7) is 5.68. The van der Waals surface area contributed by atoms with Gasteiger partial charge in [0.2, 0.25) is 5.91 Å². The molecule has 2 aromatic rings. The van der Waals surface area contributed by atoms with Gasteiger partial charge in [0.1, 0.15) is 0 Å². The molecule has 5 nitrogen and oxygen atoms in total. The monoisotopic (exact) mass is 317 g/mol. The highest BCUT2D eigenvalue weighted by Gasteiger charge is 2.19. The number of nitrogens with zero attached hydrogens (tertiary/aromatic N) is 1. The molecule has 1 heterocycles. The van der Waals surface area contributed by atoms with E-state index < -0.39 is 0 Å². The lowest BCUT2D eigenvalue weighted by atomic mass is 10.2. The molecule has 1 amide bonds. The first-order valence-corrected chi connectivity index (χ1v) is 7.98. The molecule has 2 N–H and O–H groups in total. The van der Waals surface area contributed by atoms with Gasteiger partial charge in [0.25, 0.3) is 5.56 Å². The highest BCUT2D eigenvalue weighted by atomic mass is 32.2. The number of nitrogens with one attached hydrogen (secondary N) is 2. The predicted octanol–water partition coefficient (Wildman–Crippen LogP) is 2.90. The van der Waals surface area contributed by atoms with Crippen LogP contribution in [0.5, 0.6) is 0 Å². The summed E-state index contributed by atoms with van der Waals surface area (Å²) in [4.78, 5) is 30.7. The Bertz CT molecular complexity index is 710. The van der Waals surface area contributed by atoms with Gasteiger partial charge >= 0.3 is 0 Å². The van der Waals surface area contributed by atoms with Gasteiger partial charge in [-0.05, 0) is 32.4 Å². The van der Waals surface area contributed by atoms with Crippen LogP contribution in [0.2, 0.25) is 0 Å². The van der Waals surface area contributed by atoms with Crippen molar-refractivity contribution in [1.82, 2.24) is 9.97 Å². The first kappa shape index (κ1) is 16.3. The Kier molecular flexibility index (Phi) is 5.38. The number of aromatic amines is 1. The molecule has 1 aromatic heterocycles. The van der Waals surface area contributed by atoms with E-state index in [1.54, 1.807) is 6.92 Å². The van der Waals surface area contributed by atoms with E-state index in [1.807, 2.05) is 38.1 Å². The Labute approximate surface area is 133 Å². The second-order valence-corrected chi connectivity index (χ2v) is 6.25. The number of benzene rings is 1. The quantitative estimate of drug-likeness (QED) is 0.657. The zero-order chi connectivity index (χ0) is 16.1. The number of aryl methyl sites for hydroxylation is 2. The van der Waals surface area contributed by atoms with Crippen molar-refractivity contribution in [3.05, 3.63) is 51.9 Å². The number of thioether (sulfide) groups is 1. The first-order valence-electron chi connectivity index (χ1n) is 7.10. The van der Waals surface area contributed by atoms with Crippen molar-refractivity contribution in [3.63, 3.8) is 0 Å². The van der Waals surface area contributed by atoms with Crippen LogP contribution in [0, 0.1) is 13.8 Å². The van der Waals surface area contributed by atoms with Crippen LogP contribution >= 0.6 is 11.8 Å². The van der Waals surface area contributed by atoms with Gasteiger partial charge in [0, 0.05) is 17.4 Å². The highest BCUT2D eigenvalue weighted by Crippen LogP contribution is 2.23. The lowest BCUT2D eigenvalue weighted by Gasteiger charge is -2.14. The summed E-state index contributed by atoms with van der Waals surface area (Å²) in [5, 5.41) is 3.04. The Balaban J connectivity index is 2.08. The van der Waals surface area contributed by atoms with Crippen LogP contribution < -0.4 is 10.9 Å². The molecule has 1 atom stereocenters. The number of hydrogen-bond donors (Lipinski definition) is 2. The largest absolute Gasteiger partial charge is 0.325 e. The van der Waals surface area contributed by atoms with E-state index in [0.29, 0.717) is 17.3 Å². The summed E-state index contributed by atoms with van der Waals surface area (Å²) in [5.41, 5.74) is 2.34. The van der Waals surface area contributed by atoms with Gasteiger partial charge in [-0.2, -0.15) is 0 Å². The van der Waals surface area contributed by atoms with Crippen LogP contribution in [0.15, 0.2) is 40.3 Å². The summed E-state index contributed by atoms with van der Waals surface area (Å²) >= 11 is 1.27. The first-order chi connectivity index (χ1) is 10.5. The molecule has 0 saturated heterocycles. The molecule has 116 valence electrons. The molecule has 0 aliphatic carbocycles. The zero-order valence-electron chi connectivity index (χ0n) is 12.8. The standard InChI is InChI=1S/C16H19N3O2S/c1-4-13(22-16-17-11(3)9-14(20)19-16)15(21)18-12-7-5-10(2)6-8-12/h5-9,13H,4H2,1-3H3,(H,18,21)(H,17,19,20). The molecule has 2 rings (SSSR count). The van der Waals surface area contributed by atoms with Crippen molar-refractivity contribution < 1.29 is 4.79 Å². The minimum absolute atomic E-state index is 0.0968. The van der Waals surface area contributed by atoms with E-state index in [-0.39, 0.29) is 16.7 Å². The number of carbonyl (C=O) groups excluding carboxylic acids is 1. The van der Waals surface area contributed by atoms with E-state index in [2.05, 4.69) is 15.3 Å². The molecule has 0 spiro atoms. The number of carbonyl (C=O) groups is 1. The van der Waals surface area contributed by atoms with E-state index in [0.717, 1.165) is 11.3 Å². The molecule has 6 heteroatoms. The average Bonchev–Trinajstić information content (AvgIpc) is 2.46. The maximum absolute atomic E-state index is 12.4. The van der Waals surface area contributed by atoms with Crippen molar-refractivity contribution in [2.45, 2.75) is 37.6 Å². The van der Waals surface area contributed by atoms with Crippen LogP contribution in [0.3, 0.4) is 0 Å². The van der Waals surface area contributed by atoms with E-state index in [4.69, 9.17) is 0 Å². The summed E-state index contributed by atoms with van der Waals surface area (Å²) in [5.74, 6) is -0.0968. The van der Waals surface area contributed by atoms with Crippen molar-refractivity contribution in [1.29, 1.82) is 0 Å². The lowest BCUT2D eigenvalue weighted by Crippen LogP contribution is -2.25. The van der Waals surface area contributed by atoms with Crippen LogP contribution in [-0.4, -0.2) is 21.1 Å². The van der Waals surface area contributed by atoms with Crippen LogP contribution in [0.1, 0.15) is 24.6 Å². The maximum Gasteiger partial charge on any atom is 0.251 e. The van der Waals surface area contributed by atoms with E-state index >= 15 is 0 Å². The predicted molar refractivity (Wildman–Crippen MR) is 89.3 cm³/mol. The molecule has 0 saturated carbocycles. The van der Waals surface area contributed by atoms with Gasteiger partial charge < -0.3 is 10.3 Å². The summed E-state index contributed by atoms with van der Waals surface area (Å²) < 4.78 is 0. The normalized spacial score (nSPS) is 12.0. The van der Waals surface area contributed by atoms with Gasteiger partial charge in [0.15, 0.2) is 5.16 Å². The number of rotatable bonds is 5. The Morgan fingerprint density at radius 3 is 2.59 bits per heavy atom. The second kappa shape index (κ2) is 7.26. The molecule has 0 bridgehead atoms. The molecule has 1 aromatic carbocycles. The summed E-state index contributed by atoms with van der Waals surface area (Å²) in [7, 11) is 0. The number of hydrogen-bond acceptors (Lipinski definition) is 4.